The summed E-state index contributed by atoms with van der Waals surface area (Å²) in [5.41, 5.74) is 0.965. The van der Waals surface area contributed by atoms with Crippen molar-refractivity contribution in [3.05, 3.63) is 59.7 Å². The van der Waals surface area contributed by atoms with Gasteiger partial charge >= 0.3 is 6.18 Å². The minimum absolute atomic E-state index is 0.00440. The molecule has 0 radical (unpaired) electrons. The van der Waals surface area contributed by atoms with Crippen LogP contribution in [0.3, 0.4) is 0 Å². The molecule has 2 aromatic rings. The van der Waals surface area contributed by atoms with E-state index in [4.69, 9.17) is 4.74 Å². The van der Waals surface area contributed by atoms with E-state index in [9.17, 15) is 17.6 Å². The van der Waals surface area contributed by atoms with Crippen molar-refractivity contribution in [3.63, 3.8) is 0 Å². The molecule has 0 amide bonds. The van der Waals surface area contributed by atoms with Crippen LogP contribution in [0.25, 0.3) is 0 Å². The Hall–Kier alpha value is -1.64. The Bertz CT molecular complexity index is 735. The van der Waals surface area contributed by atoms with Crippen molar-refractivity contribution in [1.29, 1.82) is 0 Å². The predicted molar refractivity (Wildman–Crippen MR) is 91.2 cm³/mol. The third-order valence-electron chi connectivity index (χ3n) is 4.16. The zero-order chi connectivity index (χ0) is 18.7. The number of nitrogens with zero attached hydrogens (tertiary/aromatic N) is 2. The molecule has 8 heteroatoms. The lowest BCUT2D eigenvalue weighted by molar-refractivity contribution is -0.172. The van der Waals surface area contributed by atoms with E-state index in [0.29, 0.717) is 18.1 Å². The van der Waals surface area contributed by atoms with Crippen LogP contribution < -0.4 is 0 Å². The quantitative estimate of drug-likeness (QED) is 0.517. The van der Waals surface area contributed by atoms with Crippen LogP contribution in [-0.2, 0) is 4.74 Å². The molecule has 1 fully saturated rings. The molecule has 1 aromatic carbocycles. The van der Waals surface area contributed by atoms with Gasteiger partial charge in [-0.25, -0.2) is 8.70 Å². The van der Waals surface area contributed by atoms with E-state index < -0.39 is 18.0 Å². The maximum absolute atomic E-state index is 13.7. The number of ether oxygens (including phenoxy) is 1. The normalized spacial score (nSPS) is 16.5. The highest BCUT2D eigenvalue weighted by atomic mass is 32.2. The molecule has 1 saturated heterocycles. The summed E-state index contributed by atoms with van der Waals surface area (Å²) in [4.78, 5) is 4.78. The smallest absolute Gasteiger partial charge is 0.380 e. The average Bonchev–Trinajstić information content (AvgIpc) is 2.53. The lowest BCUT2D eigenvalue weighted by Crippen LogP contribution is -2.34. The van der Waals surface area contributed by atoms with Gasteiger partial charge in [0.05, 0.1) is 13.2 Å². The Morgan fingerprint density at radius 2 is 1.92 bits per heavy atom. The minimum atomic E-state index is -4.49. The summed E-state index contributed by atoms with van der Waals surface area (Å²) in [7, 11) is 0. The summed E-state index contributed by atoms with van der Waals surface area (Å²) in [5.74, 6) is -0.321. The molecule has 1 unspecified atom stereocenters. The average molecular weight is 386 g/mol. The second kappa shape index (κ2) is 7.94. The van der Waals surface area contributed by atoms with E-state index in [-0.39, 0.29) is 18.0 Å². The highest BCUT2D eigenvalue weighted by Gasteiger charge is 2.45. The highest BCUT2D eigenvalue weighted by Crippen LogP contribution is 2.43. The molecule has 1 aromatic heterocycles. The maximum atomic E-state index is 13.7. The predicted octanol–water partition coefficient (Wildman–Crippen LogP) is 4.97. The lowest BCUT2D eigenvalue weighted by atomic mass is 10.00. The molecular formula is C18H18F4N2OS. The van der Waals surface area contributed by atoms with Crippen LogP contribution >= 0.6 is 11.9 Å². The van der Waals surface area contributed by atoms with Crippen LogP contribution in [0, 0.1) is 5.82 Å². The number of benzene rings is 1. The fraction of sp³-hybridized carbons (Fsp3) is 0.389. The van der Waals surface area contributed by atoms with Crippen LogP contribution in [0.1, 0.15) is 30.0 Å². The minimum Gasteiger partial charge on any atom is -0.380 e. The van der Waals surface area contributed by atoms with Gasteiger partial charge in [-0.3, -0.25) is 4.98 Å². The van der Waals surface area contributed by atoms with Crippen LogP contribution in [0.2, 0.25) is 0 Å². The first-order valence-corrected chi connectivity index (χ1v) is 8.95. The summed E-state index contributed by atoms with van der Waals surface area (Å²) in [6.07, 6.45) is -1.23. The Balaban J connectivity index is 1.85. The molecular weight excluding hydrogens is 368 g/mol. The maximum Gasteiger partial charge on any atom is 0.408 e. The number of alkyl halides is 3. The first kappa shape index (κ1) is 19.1. The molecule has 1 aliphatic heterocycles. The van der Waals surface area contributed by atoms with Crippen LogP contribution in [0.15, 0.2) is 47.6 Å². The fourth-order valence-corrected chi connectivity index (χ4v) is 3.78. The van der Waals surface area contributed by atoms with Gasteiger partial charge in [-0.2, -0.15) is 13.2 Å². The third kappa shape index (κ3) is 4.36. The second-order valence-electron chi connectivity index (χ2n) is 6.01. The number of rotatable bonds is 6. The van der Waals surface area contributed by atoms with Crippen molar-refractivity contribution in [2.45, 2.75) is 30.0 Å². The number of hydrogen-bond donors (Lipinski definition) is 0. The van der Waals surface area contributed by atoms with E-state index in [1.165, 1.54) is 16.4 Å². The van der Waals surface area contributed by atoms with Crippen LogP contribution in [-0.4, -0.2) is 35.2 Å². The van der Waals surface area contributed by atoms with Gasteiger partial charge < -0.3 is 4.74 Å². The van der Waals surface area contributed by atoms with E-state index in [1.807, 2.05) is 6.07 Å². The van der Waals surface area contributed by atoms with Gasteiger partial charge in [-0.1, -0.05) is 19.1 Å². The van der Waals surface area contributed by atoms with Gasteiger partial charge in [-0.15, -0.1) is 0 Å². The summed E-state index contributed by atoms with van der Waals surface area (Å²) < 4.78 is 60.7. The summed E-state index contributed by atoms with van der Waals surface area (Å²) in [5, 5.41) is 0. The van der Waals surface area contributed by atoms with E-state index >= 15 is 0 Å². The first-order chi connectivity index (χ1) is 12.4. The van der Waals surface area contributed by atoms with Gasteiger partial charge in [0.2, 0.25) is 0 Å². The molecule has 140 valence electrons. The highest BCUT2D eigenvalue weighted by molar-refractivity contribution is 7.97. The second-order valence-corrected chi connectivity index (χ2v) is 7.13. The van der Waals surface area contributed by atoms with Gasteiger partial charge in [0.15, 0.2) is 0 Å². The SMILES string of the molecule is CCN(Sc1cncc(C2COC2)c1)C(c1ccc(F)cc1)C(F)(F)F. The molecule has 3 rings (SSSR count). The first-order valence-electron chi connectivity index (χ1n) is 8.18. The standard InChI is InChI=1S/C18H18F4N2OS/c1-2-24(17(18(20,21)22)12-3-5-15(19)6-4-12)26-16-7-13(8-23-9-16)14-10-25-11-14/h3-9,14,17H,2,10-11H2,1H3. The summed E-state index contributed by atoms with van der Waals surface area (Å²) in [6.45, 7) is 3.03. The molecule has 0 spiro atoms. The van der Waals surface area contributed by atoms with Crippen molar-refractivity contribution < 1.29 is 22.3 Å². The largest absolute Gasteiger partial charge is 0.408 e. The number of halogens is 4. The zero-order valence-corrected chi connectivity index (χ0v) is 14.9. The molecule has 1 atom stereocenters. The summed E-state index contributed by atoms with van der Waals surface area (Å²) >= 11 is 1.01. The van der Waals surface area contributed by atoms with Crippen molar-refractivity contribution in [1.82, 2.24) is 9.29 Å². The number of pyridine rings is 1. The molecule has 0 bridgehead atoms. The molecule has 26 heavy (non-hydrogen) atoms. The molecule has 2 heterocycles. The molecule has 0 saturated carbocycles. The number of hydrogen-bond acceptors (Lipinski definition) is 4. The van der Waals surface area contributed by atoms with Gasteiger partial charge in [-0.05, 0) is 41.3 Å². The van der Waals surface area contributed by atoms with E-state index in [1.54, 1.807) is 19.3 Å². The summed E-state index contributed by atoms with van der Waals surface area (Å²) in [6, 6.07) is 4.46. The third-order valence-corrected chi connectivity index (χ3v) is 5.30. The Labute approximate surface area is 153 Å². The fourth-order valence-electron chi connectivity index (χ4n) is 2.74. The zero-order valence-electron chi connectivity index (χ0n) is 14.0. The monoisotopic (exact) mass is 386 g/mol. The number of aromatic nitrogens is 1. The van der Waals surface area contributed by atoms with Crippen LogP contribution in [0.5, 0.6) is 0 Å². The van der Waals surface area contributed by atoms with Crippen molar-refractivity contribution in [2.75, 3.05) is 19.8 Å². The van der Waals surface area contributed by atoms with Gasteiger partial charge in [0.1, 0.15) is 11.9 Å². The molecule has 1 aliphatic rings. The van der Waals surface area contributed by atoms with E-state index in [0.717, 1.165) is 29.6 Å². The van der Waals surface area contributed by atoms with Gasteiger partial charge in [0, 0.05) is 29.8 Å². The van der Waals surface area contributed by atoms with Crippen molar-refractivity contribution in [2.24, 2.45) is 0 Å². The Kier molecular flexibility index (Phi) is 5.84. The van der Waals surface area contributed by atoms with Gasteiger partial charge in [0.25, 0.3) is 0 Å². The topological polar surface area (TPSA) is 25.4 Å². The molecule has 0 N–H and O–H groups in total. The van der Waals surface area contributed by atoms with E-state index in [2.05, 4.69) is 4.98 Å². The van der Waals surface area contributed by atoms with Crippen molar-refractivity contribution in [3.8, 4) is 0 Å². The molecule has 3 nitrogen and oxygen atoms in total. The van der Waals surface area contributed by atoms with Crippen LogP contribution in [0.4, 0.5) is 17.6 Å². The van der Waals surface area contributed by atoms with Crippen molar-refractivity contribution >= 4 is 11.9 Å². The lowest BCUT2D eigenvalue weighted by Gasteiger charge is -2.32. The molecule has 0 aliphatic carbocycles. The Morgan fingerprint density at radius 1 is 1.23 bits per heavy atom. The Morgan fingerprint density at radius 3 is 2.46 bits per heavy atom.